The average molecular weight is 150 g/mol. The fraction of sp³-hybridized carbons (Fsp3) is 0.286. The summed E-state index contributed by atoms with van der Waals surface area (Å²) in [6.45, 7) is 0. The first-order valence-electron chi connectivity index (χ1n) is 3.29. The molecule has 0 spiro atoms. The molecule has 58 valence electrons. The topological polar surface area (TPSA) is 40.9 Å². The van der Waals surface area contributed by atoms with Gasteiger partial charge in [-0.05, 0) is 12.1 Å². The molecular formula is C7H10N4. The van der Waals surface area contributed by atoms with E-state index in [1.54, 1.807) is 17.3 Å². The van der Waals surface area contributed by atoms with Crippen molar-refractivity contribution >= 4 is 5.82 Å². The zero-order chi connectivity index (χ0) is 8.10. The van der Waals surface area contributed by atoms with Gasteiger partial charge in [0.2, 0.25) is 0 Å². The molecule has 0 bridgehead atoms. The lowest BCUT2D eigenvalue weighted by molar-refractivity contribution is 0.408. The summed E-state index contributed by atoms with van der Waals surface area (Å²) in [6.07, 6.45) is 1.68. The molecule has 0 fully saturated rings. The van der Waals surface area contributed by atoms with Crippen molar-refractivity contribution in [1.29, 1.82) is 0 Å². The van der Waals surface area contributed by atoms with E-state index in [1.807, 2.05) is 26.2 Å². The zero-order valence-electron chi connectivity index (χ0n) is 6.60. The van der Waals surface area contributed by atoms with E-state index in [2.05, 4.69) is 15.3 Å². The molecule has 1 aromatic rings. The summed E-state index contributed by atoms with van der Waals surface area (Å²) in [5.41, 5.74) is 0. The Morgan fingerprint density at radius 1 is 1.36 bits per heavy atom. The van der Waals surface area contributed by atoms with Crippen molar-refractivity contribution in [2.45, 2.75) is 0 Å². The third kappa shape index (κ3) is 2.75. The summed E-state index contributed by atoms with van der Waals surface area (Å²) in [6, 6.07) is 5.51. The molecule has 0 amide bonds. The molecule has 0 unspecified atom stereocenters. The molecule has 0 aliphatic carbocycles. The largest absolute Gasteiger partial charge is 0.285 e. The molecule has 0 aliphatic rings. The van der Waals surface area contributed by atoms with Crippen LogP contribution in [-0.4, -0.2) is 24.1 Å². The van der Waals surface area contributed by atoms with Crippen molar-refractivity contribution in [2.75, 3.05) is 14.1 Å². The molecule has 0 saturated carbocycles. The Bertz CT molecular complexity index is 229. The molecular weight excluding hydrogens is 140 g/mol. The van der Waals surface area contributed by atoms with Crippen molar-refractivity contribution in [3.05, 3.63) is 24.4 Å². The van der Waals surface area contributed by atoms with E-state index < -0.39 is 0 Å². The van der Waals surface area contributed by atoms with Crippen LogP contribution < -0.4 is 0 Å². The van der Waals surface area contributed by atoms with Crippen molar-refractivity contribution in [2.24, 2.45) is 10.3 Å². The maximum atomic E-state index is 3.96. The SMILES string of the molecule is CN(C)/N=N/c1ccccn1. The van der Waals surface area contributed by atoms with Gasteiger partial charge in [-0.3, -0.25) is 5.01 Å². The van der Waals surface area contributed by atoms with E-state index in [-0.39, 0.29) is 0 Å². The first-order chi connectivity index (χ1) is 5.29. The molecule has 0 aliphatic heterocycles. The van der Waals surface area contributed by atoms with E-state index in [0.717, 1.165) is 0 Å². The zero-order valence-corrected chi connectivity index (χ0v) is 6.60. The molecule has 0 aromatic carbocycles. The van der Waals surface area contributed by atoms with Crippen LogP contribution in [0.2, 0.25) is 0 Å². The van der Waals surface area contributed by atoms with Gasteiger partial charge in [0, 0.05) is 20.3 Å². The maximum absolute atomic E-state index is 3.96. The van der Waals surface area contributed by atoms with Gasteiger partial charge in [-0.15, -0.1) is 5.11 Å². The highest BCUT2D eigenvalue weighted by molar-refractivity contribution is 5.23. The minimum absolute atomic E-state index is 0.626. The van der Waals surface area contributed by atoms with Crippen molar-refractivity contribution in [3.8, 4) is 0 Å². The maximum Gasteiger partial charge on any atom is 0.176 e. The summed E-state index contributed by atoms with van der Waals surface area (Å²) in [5, 5.41) is 9.26. The fourth-order valence-electron chi connectivity index (χ4n) is 0.548. The van der Waals surface area contributed by atoms with Crippen LogP contribution in [0.3, 0.4) is 0 Å². The molecule has 0 N–H and O–H groups in total. The Hall–Kier alpha value is -1.45. The monoisotopic (exact) mass is 150 g/mol. The van der Waals surface area contributed by atoms with Gasteiger partial charge in [-0.1, -0.05) is 11.3 Å². The summed E-state index contributed by atoms with van der Waals surface area (Å²) >= 11 is 0. The summed E-state index contributed by atoms with van der Waals surface area (Å²) in [7, 11) is 3.62. The molecule has 1 aromatic heterocycles. The molecule has 0 atom stereocenters. The normalized spacial score (nSPS) is 10.4. The first kappa shape index (κ1) is 7.65. The van der Waals surface area contributed by atoms with Crippen LogP contribution in [0, 0.1) is 0 Å². The van der Waals surface area contributed by atoms with E-state index >= 15 is 0 Å². The van der Waals surface area contributed by atoms with Crippen LogP contribution in [0.15, 0.2) is 34.7 Å². The second kappa shape index (κ2) is 3.65. The highest BCUT2D eigenvalue weighted by atomic mass is 15.5. The predicted molar refractivity (Wildman–Crippen MR) is 42.4 cm³/mol. The Morgan fingerprint density at radius 2 is 2.18 bits per heavy atom. The molecule has 4 heteroatoms. The number of nitrogens with zero attached hydrogens (tertiary/aromatic N) is 4. The van der Waals surface area contributed by atoms with E-state index in [0.29, 0.717) is 5.82 Å². The van der Waals surface area contributed by atoms with E-state index in [1.165, 1.54) is 0 Å². The van der Waals surface area contributed by atoms with Crippen LogP contribution in [0.4, 0.5) is 5.82 Å². The molecule has 0 radical (unpaired) electrons. The quantitative estimate of drug-likeness (QED) is 0.475. The van der Waals surface area contributed by atoms with Gasteiger partial charge in [0.1, 0.15) is 0 Å². The lowest BCUT2D eigenvalue weighted by atomic mass is 10.5. The van der Waals surface area contributed by atoms with Crippen LogP contribution in [0.1, 0.15) is 0 Å². The second-order valence-electron chi connectivity index (χ2n) is 2.22. The number of hydrogen-bond acceptors (Lipinski definition) is 3. The Balaban J connectivity index is 2.65. The number of hydrogen-bond donors (Lipinski definition) is 0. The van der Waals surface area contributed by atoms with Gasteiger partial charge in [0.15, 0.2) is 5.82 Å². The minimum Gasteiger partial charge on any atom is -0.285 e. The number of aromatic nitrogens is 1. The fourth-order valence-corrected chi connectivity index (χ4v) is 0.548. The third-order valence-electron chi connectivity index (χ3n) is 0.975. The van der Waals surface area contributed by atoms with Crippen molar-refractivity contribution < 1.29 is 0 Å². The van der Waals surface area contributed by atoms with Crippen molar-refractivity contribution in [1.82, 2.24) is 9.99 Å². The molecule has 4 nitrogen and oxygen atoms in total. The highest BCUT2D eigenvalue weighted by Crippen LogP contribution is 2.04. The first-order valence-corrected chi connectivity index (χ1v) is 3.29. The third-order valence-corrected chi connectivity index (χ3v) is 0.975. The van der Waals surface area contributed by atoms with Crippen LogP contribution in [0.5, 0.6) is 0 Å². The molecule has 0 saturated heterocycles. The van der Waals surface area contributed by atoms with Crippen LogP contribution in [-0.2, 0) is 0 Å². The van der Waals surface area contributed by atoms with Crippen molar-refractivity contribution in [3.63, 3.8) is 0 Å². The summed E-state index contributed by atoms with van der Waals surface area (Å²) in [4.78, 5) is 3.96. The Kier molecular flexibility index (Phi) is 2.54. The molecule has 1 rings (SSSR count). The second-order valence-corrected chi connectivity index (χ2v) is 2.22. The van der Waals surface area contributed by atoms with Gasteiger partial charge in [0.25, 0.3) is 0 Å². The highest BCUT2D eigenvalue weighted by Gasteiger charge is 1.85. The number of pyridine rings is 1. The van der Waals surface area contributed by atoms with Crippen LogP contribution >= 0.6 is 0 Å². The summed E-state index contributed by atoms with van der Waals surface area (Å²) in [5.74, 6) is 0.626. The predicted octanol–water partition coefficient (Wildman–Crippen LogP) is 1.64. The number of rotatable bonds is 2. The smallest absolute Gasteiger partial charge is 0.176 e. The standard InChI is InChI=1S/C7H10N4/c1-11(2)10-9-7-5-3-4-6-8-7/h3-6H,1-2H3/b10-9+. The van der Waals surface area contributed by atoms with Gasteiger partial charge in [-0.2, -0.15) is 0 Å². The minimum atomic E-state index is 0.626. The van der Waals surface area contributed by atoms with Gasteiger partial charge in [-0.25, -0.2) is 4.98 Å². The van der Waals surface area contributed by atoms with Gasteiger partial charge < -0.3 is 0 Å². The average Bonchev–Trinajstić information content (AvgIpc) is 2.03. The van der Waals surface area contributed by atoms with E-state index in [4.69, 9.17) is 0 Å². The van der Waals surface area contributed by atoms with Gasteiger partial charge in [0.05, 0.1) is 0 Å². The Morgan fingerprint density at radius 3 is 2.73 bits per heavy atom. The van der Waals surface area contributed by atoms with E-state index in [9.17, 15) is 0 Å². The lowest BCUT2D eigenvalue weighted by Crippen LogP contribution is -1.98. The van der Waals surface area contributed by atoms with Gasteiger partial charge >= 0.3 is 0 Å². The van der Waals surface area contributed by atoms with Crippen LogP contribution in [0.25, 0.3) is 0 Å². The molecule has 1 heterocycles. The summed E-state index contributed by atoms with van der Waals surface area (Å²) < 4.78 is 0. The molecule has 11 heavy (non-hydrogen) atoms. The Labute approximate surface area is 65.6 Å². The lowest BCUT2D eigenvalue weighted by Gasteiger charge is -1.98.